The molecule has 2 bridgehead atoms. The summed E-state index contributed by atoms with van der Waals surface area (Å²) in [5.74, 6) is 0.531. The van der Waals surface area contributed by atoms with Crippen molar-refractivity contribution in [3.63, 3.8) is 0 Å². The van der Waals surface area contributed by atoms with Crippen molar-refractivity contribution in [2.45, 2.75) is 51.0 Å². The second kappa shape index (κ2) is 5.71. The van der Waals surface area contributed by atoms with Crippen molar-refractivity contribution >= 4 is 12.0 Å². The third kappa shape index (κ3) is 1.94. The molecular weight excluding hydrogens is 336 g/mol. The molecule has 0 aromatic heterocycles. The number of anilines is 1. The number of hydrogen-bond donors (Lipinski definition) is 2. The molecule has 3 aliphatic heterocycles. The lowest BCUT2D eigenvalue weighted by molar-refractivity contribution is -0.941. The minimum absolute atomic E-state index is 0.131. The first-order valence-corrected chi connectivity index (χ1v) is 10.4. The number of fused-ring (bicyclic) bond motifs is 2. The highest BCUT2D eigenvalue weighted by atomic mass is 16.3. The number of nitrogens with one attached hydrogen (secondary N) is 1. The van der Waals surface area contributed by atoms with Gasteiger partial charge in [0.2, 0.25) is 0 Å². The quantitative estimate of drug-likeness (QED) is 0.368. The molecule has 0 amide bonds. The Balaban J connectivity index is 1.78. The van der Waals surface area contributed by atoms with Crippen LogP contribution in [0.5, 0.6) is 5.75 Å². The van der Waals surface area contributed by atoms with Crippen molar-refractivity contribution in [2.24, 2.45) is 5.92 Å². The maximum atomic E-state index is 12.2. The van der Waals surface area contributed by atoms with Gasteiger partial charge in [0.1, 0.15) is 24.6 Å². The molecule has 1 aromatic carbocycles. The van der Waals surface area contributed by atoms with E-state index in [1.807, 2.05) is 6.07 Å². The normalized spacial score (nSPS) is 37.2. The zero-order valence-electron chi connectivity index (χ0n) is 16.3. The molecule has 2 unspecified atom stereocenters. The lowest BCUT2D eigenvalue weighted by Crippen LogP contribution is -2.63. The predicted octanol–water partition coefficient (Wildman–Crippen LogP) is 3.88. The van der Waals surface area contributed by atoms with E-state index in [0.717, 1.165) is 53.7 Å². The molecule has 2 fully saturated rings. The van der Waals surface area contributed by atoms with Gasteiger partial charge in [0.25, 0.3) is 0 Å². The summed E-state index contributed by atoms with van der Waals surface area (Å²) < 4.78 is 1.15. The molecule has 1 aliphatic carbocycles. The third-order valence-electron chi connectivity index (χ3n) is 7.92. The molecule has 27 heavy (non-hydrogen) atoms. The number of phenolic OH excluding ortho intramolecular Hbond substituents is 1. The van der Waals surface area contributed by atoms with Crippen LogP contribution in [0.25, 0.3) is 0 Å². The number of quaternary nitrogens is 1. The minimum Gasteiger partial charge on any atom is -0.506 e. The first-order chi connectivity index (χ1) is 13.1. The highest BCUT2D eigenvalue weighted by Crippen LogP contribution is 2.64. The van der Waals surface area contributed by atoms with E-state index in [-0.39, 0.29) is 11.3 Å². The highest BCUT2D eigenvalue weighted by Gasteiger charge is 2.68. The Bertz CT molecular complexity index is 886. The number of allylic oxidation sites excluding steroid dienone is 2. The van der Waals surface area contributed by atoms with Gasteiger partial charge in [-0.05, 0) is 30.5 Å². The van der Waals surface area contributed by atoms with Crippen molar-refractivity contribution in [1.29, 1.82) is 0 Å². The van der Waals surface area contributed by atoms with Crippen LogP contribution in [-0.4, -0.2) is 41.6 Å². The molecule has 142 valence electrons. The molecule has 4 atom stereocenters. The molecule has 0 saturated carbocycles. The zero-order valence-corrected chi connectivity index (χ0v) is 16.3. The van der Waals surface area contributed by atoms with Crippen molar-refractivity contribution in [3.05, 3.63) is 46.7 Å². The smallest absolute Gasteiger partial charge is 0.148 e. The SMILES string of the molecule is CC=C1C[N+]2(CCCC)CCC34C(=C(C=O)[C@H]1C[C@@H]32)Nc1c(O)cccc14. The largest absolute Gasteiger partial charge is 0.506 e. The van der Waals surface area contributed by atoms with E-state index in [9.17, 15) is 9.90 Å². The maximum absolute atomic E-state index is 12.2. The van der Waals surface area contributed by atoms with Crippen molar-refractivity contribution in [3.8, 4) is 5.75 Å². The summed E-state index contributed by atoms with van der Waals surface area (Å²) in [6.07, 6.45) is 7.91. The number of rotatable bonds is 4. The van der Waals surface area contributed by atoms with Gasteiger partial charge in [0, 0.05) is 30.0 Å². The van der Waals surface area contributed by atoms with E-state index in [2.05, 4.69) is 31.3 Å². The molecule has 2 N–H and O–H groups in total. The number of phenols is 1. The summed E-state index contributed by atoms with van der Waals surface area (Å²) in [5.41, 5.74) is 5.34. The van der Waals surface area contributed by atoms with Crippen LogP contribution < -0.4 is 5.32 Å². The van der Waals surface area contributed by atoms with Gasteiger partial charge in [0.05, 0.1) is 24.2 Å². The van der Waals surface area contributed by atoms with Crippen LogP contribution in [0.15, 0.2) is 41.1 Å². The van der Waals surface area contributed by atoms with E-state index in [1.54, 1.807) is 6.07 Å². The Hall–Kier alpha value is -2.07. The number of nitrogens with zero attached hydrogens (tertiary/aromatic N) is 1. The van der Waals surface area contributed by atoms with Gasteiger partial charge in [-0.15, -0.1) is 0 Å². The Kier molecular flexibility index (Phi) is 3.61. The van der Waals surface area contributed by atoms with Crippen molar-refractivity contribution in [1.82, 2.24) is 0 Å². The lowest BCUT2D eigenvalue weighted by atomic mass is 9.61. The fourth-order valence-electron chi connectivity index (χ4n) is 6.76. The van der Waals surface area contributed by atoms with Crippen molar-refractivity contribution < 1.29 is 14.4 Å². The Labute approximate surface area is 161 Å². The van der Waals surface area contributed by atoms with E-state index >= 15 is 0 Å². The number of aldehydes is 1. The zero-order chi connectivity index (χ0) is 18.8. The first-order valence-electron chi connectivity index (χ1n) is 10.4. The highest BCUT2D eigenvalue weighted by molar-refractivity contribution is 5.85. The number of para-hydroxylation sites is 1. The molecule has 5 rings (SSSR count). The van der Waals surface area contributed by atoms with Crippen LogP contribution in [0.4, 0.5) is 5.69 Å². The molecule has 4 heteroatoms. The second-order valence-corrected chi connectivity index (χ2v) is 8.84. The first kappa shape index (κ1) is 17.1. The number of piperidine rings is 1. The molecule has 4 nitrogen and oxygen atoms in total. The summed E-state index contributed by atoms with van der Waals surface area (Å²) in [4.78, 5) is 12.2. The second-order valence-electron chi connectivity index (χ2n) is 8.84. The number of hydrogen-bond acceptors (Lipinski definition) is 3. The number of unbranched alkanes of at least 4 members (excludes halogenated alkanes) is 1. The predicted molar refractivity (Wildman–Crippen MR) is 107 cm³/mol. The number of carbonyl (C=O) groups is 1. The van der Waals surface area contributed by atoms with E-state index in [0.29, 0.717) is 11.8 Å². The maximum Gasteiger partial charge on any atom is 0.148 e. The van der Waals surface area contributed by atoms with Crippen LogP contribution >= 0.6 is 0 Å². The molecule has 0 radical (unpaired) electrons. The van der Waals surface area contributed by atoms with Gasteiger partial charge < -0.3 is 14.9 Å². The molecule has 1 spiro atoms. The van der Waals surface area contributed by atoms with Gasteiger partial charge >= 0.3 is 0 Å². The minimum atomic E-state index is -0.131. The van der Waals surface area contributed by atoms with Gasteiger partial charge in [0.15, 0.2) is 0 Å². The fraction of sp³-hybridized carbons (Fsp3) is 0.522. The molecule has 4 aliphatic rings. The van der Waals surface area contributed by atoms with Gasteiger partial charge in [-0.25, -0.2) is 0 Å². The van der Waals surface area contributed by atoms with Crippen LogP contribution in [0.2, 0.25) is 0 Å². The van der Waals surface area contributed by atoms with Gasteiger partial charge in [-0.2, -0.15) is 0 Å². The summed E-state index contributed by atoms with van der Waals surface area (Å²) >= 11 is 0. The summed E-state index contributed by atoms with van der Waals surface area (Å²) in [6.45, 7) is 7.84. The Morgan fingerprint density at radius 2 is 2.26 bits per heavy atom. The summed E-state index contributed by atoms with van der Waals surface area (Å²) in [6, 6.07) is 6.37. The van der Waals surface area contributed by atoms with Crippen LogP contribution in [0.3, 0.4) is 0 Å². The number of carbonyl (C=O) groups excluding carboxylic acids is 1. The average molecular weight is 365 g/mol. The van der Waals surface area contributed by atoms with E-state index < -0.39 is 0 Å². The molecule has 1 aromatic rings. The summed E-state index contributed by atoms with van der Waals surface area (Å²) in [7, 11) is 0. The van der Waals surface area contributed by atoms with Gasteiger partial charge in [-0.1, -0.05) is 31.6 Å². The Morgan fingerprint density at radius 3 is 3.00 bits per heavy atom. The third-order valence-corrected chi connectivity index (χ3v) is 7.92. The average Bonchev–Trinajstić information content (AvgIpc) is 3.21. The number of benzene rings is 1. The number of aromatic hydroxyl groups is 1. The monoisotopic (exact) mass is 365 g/mol. The standard InChI is InChI=1S/C23H28N2O2/c1-3-5-10-25-11-9-23-18-7-6-8-19(27)21(18)24-22(23)17(14-26)16(12-20(23)25)15(4-2)13-25/h4,6-8,14,16,20H,3,5,9-13H2,1-2H3,(H-,24,26,27)/p+1/t16-,20-,23?,25?/m0/s1. The van der Waals surface area contributed by atoms with E-state index in [4.69, 9.17) is 0 Å². The topological polar surface area (TPSA) is 49.3 Å². The summed E-state index contributed by atoms with van der Waals surface area (Å²) in [5, 5.41) is 14.0. The lowest BCUT2D eigenvalue weighted by Gasteiger charge is -2.53. The fourth-order valence-corrected chi connectivity index (χ4v) is 6.76. The van der Waals surface area contributed by atoms with Crippen molar-refractivity contribution in [2.75, 3.05) is 25.0 Å². The van der Waals surface area contributed by atoms with E-state index in [1.165, 1.54) is 30.5 Å². The van der Waals surface area contributed by atoms with Gasteiger partial charge in [-0.3, -0.25) is 4.79 Å². The van der Waals surface area contributed by atoms with Crippen LogP contribution in [0, 0.1) is 5.92 Å². The molecular formula is C23H29N2O2+. The molecule has 3 heterocycles. The van der Waals surface area contributed by atoms with Crippen LogP contribution in [-0.2, 0) is 10.2 Å². The Morgan fingerprint density at radius 1 is 1.41 bits per heavy atom. The van der Waals surface area contributed by atoms with Crippen LogP contribution in [0.1, 0.15) is 45.1 Å². The molecule has 2 saturated heterocycles.